The first-order valence-electron chi connectivity index (χ1n) is 7.85. The number of rotatable bonds is 2. The second-order valence-electron chi connectivity index (χ2n) is 7.48. The van der Waals surface area contributed by atoms with Crippen LogP contribution in [0.3, 0.4) is 0 Å². The Morgan fingerprint density at radius 3 is 2.44 bits per heavy atom. The minimum Gasteiger partial charge on any atom is -0.463 e. The quantitative estimate of drug-likeness (QED) is 0.554. The predicted octanol–water partition coefficient (Wildman–Crippen LogP) is 3.26. The van der Waals surface area contributed by atoms with E-state index in [-0.39, 0.29) is 18.0 Å². The molecule has 0 amide bonds. The molecule has 7 atom stereocenters. The van der Waals surface area contributed by atoms with E-state index in [1.165, 1.54) is 25.7 Å². The zero-order valence-corrected chi connectivity index (χ0v) is 11.5. The summed E-state index contributed by atoms with van der Waals surface area (Å²) in [7, 11) is 0. The summed E-state index contributed by atoms with van der Waals surface area (Å²) >= 11 is 0. The monoisotopic (exact) mass is 248 g/mol. The van der Waals surface area contributed by atoms with Gasteiger partial charge in [0.25, 0.3) is 0 Å². The second-order valence-corrected chi connectivity index (χ2v) is 7.48. The van der Waals surface area contributed by atoms with Crippen molar-refractivity contribution in [2.75, 3.05) is 0 Å². The van der Waals surface area contributed by atoms with Gasteiger partial charge >= 0.3 is 5.97 Å². The molecule has 2 nitrogen and oxygen atoms in total. The average Bonchev–Trinajstić information content (AvgIpc) is 3.06. The highest BCUT2D eigenvalue weighted by atomic mass is 16.5. The molecule has 4 saturated carbocycles. The van der Waals surface area contributed by atoms with Crippen molar-refractivity contribution in [3.05, 3.63) is 0 Å². The third-order valence-electron chi connectivity index (χ3n) is 6.39. The number of carbonyl (C=O) groups excluding carboxylic acids is 1. The van der Waals surface area contributed by atoms with Gasteiger partial charge in [0.2, 0.25) is 0 Å². The maximum absolute atomic E-state index is 12.2. The Morgan fingerprint density at radius 2 is 1.72 bits per heavy atom. The van der Waals surface area contributed by atoms with Crippen molar-refractivity contribution < 1.29 is 9.53 Å². The first-order valence-corrected chi connectivity index (χ1v) is 7.85. The molecule has 0 aliphatic heterocycles. The largest absolute Gasteiger partial charge is 0.463 e. The average molecular weight is 248 g/mol. The zero-order valence-electron chi connectivity index (χ0n) is 11.5. The highest BCUT2D eigenvalue weighted by Gasteiger charge is 2.63. The fourth-order valence-electron chi connectivity index (χ4n) is 6.16. The smallest absolute Gasteiger partial charge is 0.309 e. The Hall–Kier alpha value is -0.530. The van der Waals surface area contributed by atoms with E-state index in [9.17, 15) is 4.79 Å². The Morgan fingerprint density at radius 1 is 1.00 bits per heavy atom. The molecule has 7 unspecified atom stereocenters. The fourth-order valence-corrected chi connectivity index (χ4v) is 6.16. The zero-order chi connectivity index (χ0) is 12.4. The first kappa shape index (κ1) is 11.3. The Balaban J connectivity index is 1.53. The van der Waals surface area contributed by atoms with Gasteiger partial charge in [-0.05, 0) is 81.5 Å². The van der Waals surface area contributed by atoms with Crippen LogP contribution in [0.2, 0.25) is 0 Å². The van der Waals surface area contributed by atoms with Crippen LogP contribution in [0.1, 0.15) is 46.0 Å². The number of hydrogen-bond donors (Lipinski definition) is 0. The Bertz CT molecular complexity index is 375. The molecule has 2 heteroatoms. The third-order valence-corrected chi connectivity index (χ3v) is 6.39. The normalized spacial score (nSPS) is 52.1. The summed E-state index contributed by atoms with van der Waals surface area (Å²) in [6, 6.07) is 0. The molecule has 4 aliphatic rings. The molecule has 0 heterocycles. The van der Waals surface area contributed by atoms with Crippen LogP contribution in [-0.4, -0.2) is 12.1 Å². The summed E-state index contributed by atoms with van der Waals surface area (Å²) in [6.07, 6.45) is 6.93. The predicted molar refractivity (Wildman–Crippen MR) is 68.7 cm³/mol. The van der Waals surface area contributed by atoms with E-state index in [2.05, 4.69) is 0 Å². The molecule has 0 aromatic carbocycles. The number of ether oxygens (including phenoxy) is 1. The van der Waals surface area contributed by atoms with Crippen LogP contribution in [0.15, 0.2) is 0 Å². The van der Waals surface area contributed by atoms with Crippen molar-refractivity contribution in [3.63, 3.8) is 0 Å². The molecule has 0 aromatic rings. The van der Waals surface area contributed by atoms with Gasteiger partial charge in [-0.3, -0.25) is 4.79 Å². The van der Waals surface area contributed by atoms with Gasteiger partial charge in [0, 0.05) is 0 Å². The summed E-state index contributed by atoms with van der Waals surface area (Å²) in [5.74, 6) is 5.78. The summed E-state index contributed by atoms with van der Waals surface area (Å²) in [5, 5.41) is 0. The minimum atomic E-state index is 0.0486. The lowest BCUT2D eigenvalue weighted by Gasteiger charge is -2.37. The van der Waals surface area contributed by atoms with E-state index in [4.69, 9.17) is 4.74 Å². The molecule has 4 aliphatic carbocycles. The van der Waals surface area contributed by atoms with E-state index in [1.54, 1.807) is 0 Å². The molecular weight excluding hydrogens is 224 g/mol. The molecule has 0 spiro atoms. The SMILES string of the molecule is CC(C)OC(=O)C1CC2CC1C1C3CCC(C3)C21. The number of fused-ring (bicyclic) bond motifs is 9. The van der Waals surface area contributed by atoms with Gasteiger partial charge < -0.3 is 4.74 Å². The van der Waals surface area contributed by atoms with Crippen LogP contribution in [0, 0.1) is 41.4 Å². The highest BCUT2D eigenvalue weighted by Crippen LogP contribution is 2.68. The van der Waals surface area contributed by atoms with Crippen molar-refractivity contribution in [2.24, 2.45) is 41.4 Å². The lowest BCUT2D eigenvalue weighted by atomic mass is 9.67. The molecule has 0 aromatic heterocycles. The van der Waals surface area contributed by atoms with Crippen LogP contribution in [0.5, 0.6) is 0 Å². The van der Waals surface area contributed by atoms with Crippen molar-refractivity contribution in [3.8, 4) is 0 Å². The molecular formula is C16H24O2. The van der Waals surface area contributed by atoms with Crippen LogP contribution < -0.4 is 0 Å². The number of esters is 1. The van der Waals surface area contributed by atoms with E-state index < -0.39 is 0 Å². The molecule has 100 valence electrons. The van der Waals surface area contributed by atoms with Crippen molar-refractivity contribution in [1.82, 2.24) is 0 Å². The van der Waals surface area contributed by atoms with Crippen molar-refractivity contribution >= 4 is 5.97 Å². The molecule has 18 heavy (non-hydrogen) atoms. The van der Waals surface area contributed by atoms with Gasteiger partial charge in [0.05, 0.1) is 12.0 Å². The van der Waals surface area contributed by atoms with Gasteiger partial charge in [-0.2, -0.15) is 0 Å². The van der Waals surface area contributed by atoms with E-state index in [0.717, 1.165) is 36.0 Å². The lowest BCUT2D eigenvalue weighted by Crippen LogP contribution is -2.36. The van der Waals surface area contributed by atoms with Gasteiger partial charge in [0.1, 0.15) is 0 Å². The van der Waals surface area contributed by atoms with Crippen LogP contribution in [-0.2, 0) is 9.53 Å². The van der Waals surface area contributed by atoms with E-state index >= 15 is 0 Å². The maximum Gasteiger partial charge on any atom is 0.309 e. The molecule has 0 saturated heterocycles. The van der Waals surface area contributed by atoms with E-state index in [1.807, 2.05) is 13.8 Å². The summed E-state index contributed by atoms with van der Waals surface area (Å²) in [4.78, 5) is 12.2. The topological polar surface area (TPSA) is 26.3 Å². The summed E-state index contributed by atoms with van der Waals surface area (Å²) < 4.78 is 5.48. The van der Waals surface area contributed by atoms with Crippen LogP contribution >= 0.6 is 0 Å². The van der Waals surface area contributed by atoms with Crippen molar-refractivity contribution in [1.29, 1.82) is 0 Å². The molecule has 4 rings (SSSR count). The fraction of sp³-hybridized carbons (Fsp3) is 0.938. The summed E-state index contributed by atoms with van der Waals surface area (Å²) in [5.41, 5.74) is 0. The standard InChI is InChI=1S/C16H24O2/c1-8(2)18-16(17)13-7-11-6-12(13)15-10-4-3-9(5-10)14(11)15/h8-15H,3-7H2,1-2H3. The Kier molecular flexibility index (Phi) is 2.35. The molecule has 4 fully saturated rings. The van der Waals surface area contributed by atoms with Gasteiger partial charge in [-0.25, -0.2) is 0 Å². The van der Waals surface area contributed by atoms with Crippen LogP contribution in [0.25, 0.3) is 0 Å². The lowest BCUT2D eigenvalue weighted by molar-refractivity contribution is -0.156. The van der Waals surface area contributed by atoms with Crippen LogP contribution in [0.4, 0.5) is 0 Å². The van der Waals surface area contributed by atoms with Crippen molar-refractivity contribution in [2.45, 2.75) is 52.1 Å². The molecule has 0 radical (unpaired) electrons. The number of hydrogen-bond acceptors (Lipinski definition) is 2. The molecule has 0 N–H and O–H groups in total. The number of carbonyl (C=O) groups is 1. The highest BCUT2D eigenvalue weighted by molar-refractivity contribution is 5.73. The van der Waals surface area contributed by atoms with Gasteiger partial charge in [-0.1, -0.05) is 0 Å². The third kappa shape index (κ3) is 1.38. The molecule has 4 bridgehead atoms. The first-order chi connectivity index (χ1) is 8.65. The second kappa shape index (κ2) is 3.74. The Labute approximate surface area is 109 Å². The summed E-state index contributed by atoms with van der Waals surface area (Å²) in [6.45, 7) is 3.93. The van der Waals surface area contributed by atoms with E-state index in [0.29, 0.717) is 5.92 Å². The van der Waals surface area contributed by atoms with Gasteiger partial charge in [-0.15, -0.1) is 0 Å². The van der Waals surface area contributed by atoms with Gasteiger partial charge in [0.15, 0.2) is 0 Å². The maximum atomic E-state index is 12.2. The minimum absolute atomic E-state index is 0.0486.